The van der Waals surface area contributed by atoms with Gasteiger partial charge in [0, 0.05) is 49.0 Å². The van der Waals surface area contributed by atoms with Gasteiger partial charge in [-0.05, 0) is 107 Å². The first kappa shape index (κ1) is 32.1. The molecule has 0 spiro atoms. The van der Waals surface area contributed by atoms with E-state index in [-0.39, 0.29) is 0 Å². The summed E-state index contributed by atoms with van der Waals surface area (Å²) in [4.78, 5) is 10.7. The average molecular weight is 753 g/mol. The van der Waals surface area contributed by atoms with Crippen molar-refractivity contribution in [1.82, 2.24) is 19.1 Å². The van der Waals surface area contributed by atoms with E-state index in [1.807, 2.05) is 6.07 Å². The van der Waals surface area contributed by atoms with E-state index in [2.05, 4.69) is 197 Å². The summed E-state index contributed by atoms with van der Waals surface area (Å²) in [5.74, 6) is 0.635. The highest BCUT2D eigenvalue weighted by atomic mass is 16.3. The summed E-state index contributed by atoms with van der Waals surface area (Å²) < 4.78 is 11.0. The molecule has 0 N–H and O–H groups in total. The molecular weight excluding hydrogens is 721 g/mol. The Morgan fingerprint density at radius 2 is 0.881 bits per heavy atom. The molecule has 274 valence electrons. The molecule has 0 atom stereocenters. The quantitative estimate of drug-likeness (QED) is 0.180. The van der Waals surface area contributed by atoms with Crippen molar-refractivity contribution in [3.63, 3.8) is 0 Å². The molecule has 5 heteroatoms. The fraction of sp³-hybridized carbons (Fsp3) is 0. The molecule has 5 nitrogen and oxygen atoms in total. The predicted octanol–water partition coefficient (Wildman–Crippen LogP) is 14.2. The number of hydrogen-bond donors (Lipinski definition) is 0. The van der Waals surface area contributed by atoms with E-state index < -0.39 is 0 Å². The van der Waals surface area contributed by atoms with Crippen molar-refractivity contribution in [2.75, 3.05) is 0 Å². The molecule has 59 heavy (non-hydrogen) atoms. The van der Waals surface area contributed by atoms with Crippen LogP contribution in [0.15, 0.2) is 199 Å². The molecular formula is C54H32N4O. The first-order chi connectivity index (χ1) is 29.2. The molecule has 0 aliphatic carbocycles. The van der Waals surface area contributed by atoms with Gasteiger partial charge in [0.25, 0.3) is 0 Å². The zero-order valence-electron chi connectivity index (χ0n) is 31.7. The van der Waals surface area contributed by atoms with Crippen LogP contribution in [0.1, 0.15) is 0 Å². The van der Waals surface area contributed by atoms with E-state index in [4.69, 9.17) is 14.4 Å². The number of hydrogen-bond acceptors (Lipinski definition) is 3. The van der Waals surface area contributed by atoms with Crippen LogP contribution in [0.2, 0.25) is 0 Å². The SMILES string of the molecule is c1ccc(-n2c3ccccc3c3cc(-c4ccc5c(c4)c4ccccc4n5-c4nc(-c5ccc6oc7cc8ccccc8cc7c6c5)c5ccccc5n4)ccc32)cc1. The Bertz CT molecular complexity index is 3850. The predicted molar refractivity (Wildman–Crippen MR) is 244 cm³/mol. The van der Waals surface area contributed by atoms with Crippen LogP contribution < -0.4 is 0 Å². The Kier molecular flexibility index (Phi) is 6.66. The maximum atomic E-state index is 6.38. The number of rotatable bonds is 4. The lowest BCUT2D eigenvalue weighted by molar-refractivity contribution is 0.669. The molecule has 13 rings (SSSR count). The number of nitrogens with zero attached hydrogens (tertiary/aromatic N) is 4. The van der Waals surface area contributed by atoms with E-state index >= 15 is 0 Å². The van der Waals surface area contributed by atoms with Gasteiger partial charge in [-0.15, -0.1) is 0 Å². The molecule has 0 saturated carbocycles. The molecule has 0 fully saturated rings. The second-order valence-corrected chi connectivity index (χ2v) is 15.4. The van der Waals surface area contributed by atoms with Crippen molar-refractivity contribution >= 4 is 87.2 Å². The Morgan fingerprint density at radius 3 is 1.63 bits per heavy atom. The van der Waals surface area contributed by atoms with Crippen LogP contribution >= 0.6 is 0 Å². The molecule has 13 aromatic rings. The Morgan fingerprint density at radius 1 is 0.339 bits per heavy atom. The van der Waals surface area contributed by atoms with Gasteiger partial charge in [0.2, 0.25) is 5.95 Å². The molecule has 0 aliphatic heterocycles. The molecule has 0 aliphatic rings. The van der Waals surface area contributed by atoms with Crippen molar-refractivity contribution in [1.29, 1.82) is 0 Å². The minimum Gasteiger partial charge on any atom is -0.456 e. The zero-order valence-corrected chi connectivity index (χ0v) is 31.7. The zero-order chi connectivity index (χ0) is 38.6. The lowest BCUT2D eigenvalue weighted by Gasteiger charge is -2.12. The van der Waals surface area contributed by atoms with E-state index in [0.29, 0.717) is 5.95 Å². The van der Waals surface area contributed by atoms with Crippen LogP contribution in [0.3, 0.4) is 0 Å². The topological polar surface area (TPSA) is 48.8 Å². The molecule has 0 amide bonds. The van der Waals surface area contributed by atoms with Crippen LogP contribution in [0.4, 0.5) is 0 Å². The van der Waals surface area contributed by atoms with Gasteiger partial charge < -0.3 is 8.98 Å². The third-order valence-corrected chi connectivity index (χ3v) is 12.1. The molecule has 4 heterocycles. The van der Waals surface area contributed by atoms with E-state index in [9.17, 15) is 0 Å². The van der Waals surface area contributed by atoms with Crippen LogP contribution in [0.25, 0.3) is 121 Å². The Labute approximate surface area is 337 Å². The molecule has 9 aromatic carbocycles. The van der Waals surface area contributed by atoms with Crippen molar-refractivity contribution < 1.29 is 4.42 Å². The monoisotopic (exact) mass is 752 g/mol. The fourth-order valence-corrected chi connectivity index (χ4v) is 9.37. The maximum absolute atomic E-state index is 6.38. The van der Waals surface area contributed by atoms with Gasteiger partial charge in [-0.2, -0.15) is 0 Å². The first-order valence-corrected chi connectivity index (χ1v) is 20.0. The fourth-order valence-electron chi connectivity index (χ4n) is 9.37. The Balaban J connectivity index is 0.989. The highest BCUT2D eigenvalue weighted by molar-refractivity contribution is 6.14. The van der Waals surface area contributed by atoms with Crippen molar-refractivity contribution in [2.45, 2.75) is 0 Å². The van der Waals surface area contributed by atoms with E-state index in [0.717, 1.165) is 82.5 Å². The maximum Gasteiger partial charge on any atom is 0.235 e. The summed E-state index contributed by atoms with van der Waals surface area (Å²) in [7, 11) is 0. The summed E-state index contributed by atoms with van der Waals surface area (Å²) in [6, 6.07) is 69.1. The van der Waals surface area contributed by atoms with Crippen LogP contribution in [0.5, 0.6) is 0 Å². The van der Waals surface area contributed by atoms with E-state index in [1.54, 1.807) is 0 Å². The third kappa shape index (κ3) is 4.79. The summed E-state index contributed by atoms with van der Waals surface area (Å²) in [6.07, 6.45) is 0. The van der Waals surface area contributed by atoms with Gasteiger partial charge in [0.15, 0.2) is 0 Å². The van der Waals surface area contributed by atoms with Crippen molar-refractivity contribution in [3.8, 4) is 34.0 Å². The minimum atomic E-state index is 0.635. The van der Waals surface area contributed by atoms with Crippen molar-refractivity contribution in [2.24, 2.45) is 0 Å². The van der Waals surface area contributed by atoms with E-state index in [1.165, 1.54) is 32.8 Å². The Hall–Kier alpha value is -8.02. The number of fused-ring (bicyclic) bond motifs is 11. The second-order valence-electron chi connectivity index (χ2n) is 15.4. The molecule has 0 unspecified atom stereocenters. The number of benzene rings is 9. The van der Waals surface area contributed by atoms with Gasteiger partial charge in [-0.1, -0.05) is 109 Å². The summed E-state index contributed by atoms with van der Waals surface area (Å²) >= 11 is 0. The minimum absolute atomic E-state index is 0.635. The van der Waals surface area contributed by atoms with Crippen LogP contribution in [0, 0.1) is 0 Å². The van der Waals surface area contributed by atoms with Gasteiger partial charge in [-0.25, -0.2) is 9.97 Å². The van der Waals surface area contributed by atoms with Crippen LogP contribution in [-0.2, 0) is 0 Å². The first-order valence-electron chi connectivity index (χ1n) is 20.0. The number of furan rings is 1. The second kappa shape index (κ2) is 12.2. The van der Waals surface area contributed by atoms with Gasteiger partial charge in [0.05, 0.1) is 33.3 Å². The number of aromatic nitrogens is 4. The van der Waals surface area contributed by atoms with Crippen LogP contribution in [-0.4, -0.2) is 19.1 Å². The summed E-state index contributed by atoms with van der Waals surface area (Å²) in [6.45, 7) is 0. The number of para-hydroxylation sites is 4. The molecule has 0 radical (unpaired) electrons. The van der Waals surface area contributed by atoms with Gasteiger partial charge in [0.1, 0.15) is 11.2 Å². The summed E-state index contributed by atoms with van der Waals surface area (Å²) in [5.41, 5.74) is 12.5. The lowest BCUT2D eigenvalue weighted by Crippen LogP contribution is -2.03. The third-order valence-electron chi connectivity index (χ3n) is 12.1. The van der Waals surface area contributed by atoms with Gasteiger partial charge >= 0.3 is 0 Å². The normalized spacial score (nSPS) is 12.1. The highest BCUT2D eigenvalue weighted by Gasteiger charge is 2.20. The van der Waals surface area contributed by atoms with Crippen molar-refractivity contribution in [3.05, 3.63) is 194 Å². The molecule has 4 aromatic heterocycles. The van der Waals surface area contributed by atoms with Gasteiger partial charge in [-0.3, -0.25) is 4.57 Å². The molecule has 0 bridgehead atoms. The standard InChI is InChI=1S/C54H32N4O/c1-2-14-38(15-3-1)57-47-20-10-7-16-39(47)42-28-35(22-25-49(42)57)36-23-26-50-43(29-36)40-17-8-11-21-48(40)58(50)54-55-46-19-9-6-18-41(46)53(56-54)37-24-27-51-44(31-37)45-30-33-12-4-5-13-34(33)32-52(45)59-51/h1-32H. The highest BCUT2D eigenvalue weighted by Crippen LogP contribution is 2.40. The summed E-state index contributed by atoms with van der Waals surface area (Å²) in [5, 5.41) is 10.3. The average Bonchev–Trinajstić information content (AvgIpc) is 3.94. The lowest BCUT2D eigenvalue weighted by atomic mass is 10.0. The molecule has 0 saturated heterocycles. The largest absolute Gasteiger partial charge is 0.456 e. The smallest absolute Gasteiger partial charge is 0.235 e.